The second-order valence-corrected chi connectivity index (χ2v) is 3.34. The van der Waals surface area contributed by atoms with Crippen LogP contribution in [0.1, 0.15) is 26.2 Å². The zero-order chi connectivity index (χ0) is 7.73. The molecule has 2 unspecified atom stereocenters. The molecule has 0 aromatic rings. The number of rotatable bonds is 3. The van der Waals surface area contributed by atoms with Gasteiger partial charge in [0, 0.05) is 0 Å². The third-order valence-corrected chi connectivity index (χ3v) is 2.47. The zero-order valence-electron chi connectivity index (χ0n) is 6.92. The number of hydrogen-bond acceptors (Lipinski definition) is 1. The first kappa shape index (κ1) is 7.11. The highest BCUT2D eigenvalue weighted by Gasteiger charge is 2.52. The number of allylic oxidation sites excluding steroid dienone is 2. The molecule has 0 N–H and O–H groups in total. The monoisotopic (exact) mass is 150 g/mol. The predicted molar refractivity (Wildman–Crippen MR) is 45.4 cm³/mol. The average molecular weight is 150 g/mol. The van der Waals surface area contributed by atoms with Gasteiger partial charge in [-0.1, -0.05) is 38.0 Å². The Morgan fingerprint density at radius 2 is 2.36 bits per heavy atom. The summed E-state index contributed by atoms with van der Waals surface area (Å²) >= 11 is 0. The van der Waals surface area contributed by atoms with Crippen molar-refractivity contribution in [1.82, 2.24) is 0 Å². The molecule has 60 valence electrons. The number of ether oxygens (including phenoxy) is 1. The van der Waals surface area contributed by atoms with Crippen LogP contribution < -0.4 is 0 Å². The fourth-order valence-corrected chi connectivity index (χ4v) is 1.66. The van der Waals surface area contributed by atoms with E-state index in [1.807, 2.05) is 0 Å². The SMILES string of the molecule is CCCCC12C=CC=CC1O2. The predicted octanol–water partition coefficient (Wildman–Crippen LogP) is 2.44. The summed E-state index contributed by atoms with van der Waals surface area (Å²) in [5, 5.41) is 0. The molecule has 0 saturated carbocycles. The fourth-order valence-electron chi connectivity index (χ4n) is 1.66. The van der Waals surface area contributed by atoms with Crippen LogP contribution in [0.15, 0.2) is 24.3 Å². The molecular formula is C10H14O. The molecule has 0 radical (unpaired) electrons. The van der Waals surface area contributed by atoms with E-state index in [1.54, 1.807) is 0 Å². The zero-order valence-corrected chi connectivity index (χ0v) is 6.92. The summed E-state index contributed by atoms with van der Waals surface area (Å²) in [5.74, 6) is 0. The van der Waals surface area contributed by atoms with E-state index in [9.17, 15) is 0 Å². The topological polar surface area (TPSA) is 12.5 Å². The number of unbranched alkanes of at least 4 members (excludes halogenated alkanes) is 1. The number of fused-ring (bicyclic) bond motifs is 1. The van der Waals surface area contributed by atoms with E-state index in [-0.39, 0.29) is 5.60 Å². The van der Waals surface area contributed by atoms with Crippen molar-refractivity contribution in [3.05, 3.63) is 24.3 Å². The molecule has 2 atom stereocenters. The van der Waals surface area contributed by atoms with E-state index in [0.29, 0.717) is 6.10 Å². The number of hydrogen-bond donors (Lipinski definition) is 0. The van der Waals surface area contributed by atoms with Crippen molar-refractivity contribution in [2.45, 2.75) is 37.9 Å². The quantitative estimate of drug-likeness (QED) is 0.563. The minimum absolute atomic E-state index is 0.130. The van der Waals surface area contributed by atoms with Gasteiger partial charge >= 0.3 is 0 Å². The van der Waals surface area contributed by atoms with Crippen molar-refractivity contribution in [1.29, 1.82) is 0 Å². The lowest BCUT2D eigenvalue weighted by Gasteiger charge is -2.06. The molecule has 2 aliphatic rings. The molecular weight excluding hydrogens is 136 g/mol. The molecule has 1 saturated heterocycles. The Kier molecular flexibility index (Phi) is 1.61. The first-order chi connectivity index (χ1) is 5.37. The van der Waals surface area contributed by atoms with E-state index in [2.05, 4.69) is 31.2 Å². The summed E-state index contributed by atoms with van der Waals surface area (Å²) < 4.78 is 5.59. The Hall–Kier alpha value is -0.560. The molecule has 0 amide bonds. The van der Waals surface area contributed by atoms with Crippen LogP contribution in [0.3, 0.4) is 0 Å². The van der Waals surface area contributed by atoms with Crippen LogP contribution in [0.5, 0.6) is 0 Å². The Balaban J connectivity index is 1.94. The highest BCUT2D eigenvalue weighted by atomic mass is 16.6. The van der Waals surface area contributed by atoms with Gasteiger partial charge in [-0.3, -0.25) is 0 Å². The maximum absolute atomic E-state index is 5.59. The van der Waals surface area contributed by atoms with Crippen LogP contribution in [0.25, 0.3) is 0 Å². The summed E-state index contributed by atoms with van der Waals surface area (Å²) in [5.41, 5.74) is 0.130. The molecule has 1 fully saturated rings. The Labute approximate surface area is 67.7 Å². The van der Waals surface area contributed by atoms with Gasteiger partial charge in [0.05, 0.1) is 0 Å². The summed E-state index contributed by atoms with van der Waals surface area (Å²) in [6.07, 6.45) is 12.6. The summed E-state index contributed by atoms with van der Waals surface area (Å²) in [6, 6.07) is 0. The largest absolute Gasteiger partial charge is 0.357 e. The molecule has 1 nitrogen and oxygen atoms in total. The molecule has 0 bridgehead atoms. The van der Waals surface area contributed by atoms with Crippen molar-refractivity contribution in [3.63, 3.8) is 0 Å². The molecule has 2 rings (SSSR count). The Morgan fingerprint density at radius 1 is 1.45 bits per heavy atom. The van der Waals surface area contributed by atoms with Crippen LogP contribution in [-0.4, -0.2) is 11.7 Å². The lowest BCUT2D eigenvalue weighted by atomic mass is 9.95. The maximum atomic E-state index is 5.59. The van der Waals surface area contributed by atoms with Crippen molar-refractivity contribution in [2.75, 3.05) is 0 Å². The maximum Gasteiger partial charge on any atom is 0.117 e. The van der Waals surface area contributed by atoms with E-state index in [0.717, 1.165) is 0 Å². The van der Waals surface area contributed by atoms with Gasteiger partial charge in [0.25, 0.3) is 0 Å². The first-order valence-corrected chi connectivity index (χ1v) is 4.41. The summed E-state index contributed by atoms with van der Waals surface area (Å²) in [4.78, 5) is 0. The molecule has 1 heterocycles. The van der Waals surface area contributed by atoms with E-state index in [1.165, 1.54) is 19.3 Å². The lowest BCUT2D eigenvalue weighted by Crippen LogP contribution is -2.11. The second kappa shape index (κ2) is 2.49. The van der Waals surface area contributed by atoms with Crippen molar-refractivity contribution in [3.8, 4) is 0 Å². The van der Waals surface area contributed by atoms with Crippen LogP contribution in [0.2, 0.25) is 0 Å². The minimum Gasteiger partial charge on any atom is -0.357 e. The van der Waals surface area contributed by atoms with Gasteiger partial charge in [-0.15, -0.1) is 0 Å². The normalized spacial score (nSPS) is 38.8. The van der Waals surface area contributed by atoms with Crippen LogP contribution in [0.4, 0.5) is 0 Å². The standard InChI is InChI=1S/C10H14O/c1-2-3-7-10-8-5-4-6-9(10)11-10/h4-6,8-9H,2-3,7H2,1H3. The third-order valence-electron chi connectivity index (χ3n) is 2.47. The molecule has 0 aromatic carbocycles. The van der Waals surface area contributed by atoms with E-state index < -0.39 is 0 Å². The van der Waals surface area contributed by atoms with Gasteiger partial charge in [0.2, 0.25) is 0 Å². The minimum atomic E-state index is 0.130. The van der Waals surface area contributed by atoms with Crippen LogP contribution in [-0.2, 0) is 4.74 Å². The van der Waals surface area contributed by atoms with Crippen molar-refractivity contribution >= 4 is 0 Å². The van der Waals surface area contributed by atoms with Gasteiger partial charge in [0.15, 0.2) is 0 Å². The molecule has 1 aliphatic heterocycles. The van der Waals surface area contributed by atoms with Gasteiger partial charge in [0.1, 0.15) is 11.7 Å². The van der Waals surface area contributed by atoms with Gasteiger partial charge in [-0.05, 0) is 12.5 Å². The highest BCUT2D eigenvalue weighted by Crippen LogP contribution is 2.44. The second-order valence-electron chi connectivity index (χ2n) is 3.34. The fraction of sp³-hybridized carbons (Fsp3) is 0.600. The molecule has 0 aromatic heterocycles. The van der Waals surface area contributed by atoms with Crippen LogP contribution in [0, 0.1) is 0 Å². The van der Waals surface area contributed by atoms with E-state index in [4.69, 9.17) is 4.74 Å². The van der Waals surface area contributed by atoms with Crippen LogP contribution >= 0.6 is 0 Å². The average Bonchev–Trinajstić information content (AvgIpc) is 2.75. The summed E-state index contributed by atoms with van der Waals surface area (Å²) in [7, 11) is 0. The third kappa shape index (κ3) is 1.14. The summed E-state index contributed by atoms with van der Waals surface area (Å²) in [6.45, 7) is 2.22. The smallest absolute Gasteiger partial charge is 0.117 e. The van der Waals surface area contributed by atoms with Gasteiger partial charge < -0.3 is 4.74 Å². The molecule has 0 spiro atoms. The highest BCUT2D eigenvalue weighted by molar-refractivity contribution is 5.30. The van der Waals surface area contributed by atoms with Gasteiger partial charge in [-0.25, -0.2) is 0 Å². The molecule has 11 heavy (non-hydrogen) atoms. The first-order valence-electron chi connectivity index (χ1n) is 4.41. The Morgan fingerprint density at radius 3 is 3.09 bits per heavy atom. The van der Waals surface area contributed by atoms with Gasteiger partial charge in [-0.2, -0.15) is 0 Å². The number of epoxide rings is 1. The lowest BCUT2D eigenvalue weighted by molar-refractivity contribution is 0.323. The van der Waals surface area contributed by atoms with Crippen molar-refractivity contribution in [2.24, 2.45) is 0 Å². The Bertz CT molecular complexity index is 205. The molecule has 1 heteroatoms. The molecule has 1 aliphatic carbocycles. The van der Waals surface area contributed by atoms with E-state index >= 15 is 0 Å². The van der Waals surface area contributed by atoms with Crippen molar-refractivity contribution < 1.29 is 4.74 Å².